The minimum atomic E-state index is -3.16. The summed E-state index contributed by atoms with van der Waals surface area (Å²) in [7, 11) is -3.16. The van der Waals surface area contributed by atoms with Crippen LogP contribution in [0.5, 0.6) is 0 Å². The van der Waals surface area contributed by atoms with Crippen LogP contribution in [0, 0.1) is 0 Å². The molecule has 1 aromatic rings. The molecule has 6 heteroatoms. The van der Waals surface area contributed by atoms with Crippen LogP contribution in [0.4, 0.5) is 0 Å². The fraction of sp³-hybridized carbons (Fsp3) is 0.769. The molecule has 0 aromatic carbocycles. The highest BCUT2D eigenvalue weighted by Gasteiger charge is 2.20. The van der Waals surface area contributed by atoms with Crippen molar-refractivity contribution in [1.82, 2.24) is 9.78 Å². The van der Waals surface area contributed by atoms with Crippen LogP contribution in [-0.4, -0.2) is 30.0 Å². The molecule has 108 valence electrons. The molecule has 1 aromatic heterocycles. The molecular formula is C13H23N3O2S. The Morgan fingerprint density at radius 2 is 2.16 bits per heavy atom. The van der Waals surface area contributed by atoms with Gasteiger partial charge in [0, 0.05) is 12.2 Å². The van der Waals surface area contributed by atoms with Crippen molar-refractivity contribution in [1.29, 1.82) is 0 Å². The molecule has 0 radical (unpaired) electrons. The Morgan fingerprint density at radius 3 is 2.79 bits per heavy atom. The second-order valence-corrected chi connectivity index (χ2v) is 7.56. The highest BCUT2D eigenvalue weighted by molar-refractivity contribution is 7.90. The molecule has 0 aliphatic heterocycles. The lowest BCUT2D eigenvalue weighted by Gasteiger charge is -2.10. The monoisotopic (exact) mass is 285 g/mol. The Bertz CT molecular complexity index is 504. The van der Waals surface area contributed by atoms with Gasteiger partial charge in [0.2, 0.25) is 0 Å². The molecule has 0 saturated heterocycles. The average Bonchev–Trinajstić information content (AvgIpc) is 2.97. The summed E-state index contributed by atoms with van der Waals surface area (Å²) in [6, 6.07) is 1.99. The lowest BCUT2D eigenvalue weighted by molar-refractivity contribution is 0.464. The number of nitrogens with zero attached hydrogens (tertiary/aromatic N) is 2. The normalized spacial score (nSPS) is 18.8. The summed E-state index contributed by atoms with van der Waals surface area (Å²) >= 11 is 0. The molecular weight excluding hydrogens is 262 g/mol. The lowest BCUT2D eigenvalue weighted by Crippen LogP contribution is -2.29. The van der Waals surface area contributed by atoms with Gasteiger partial charge in [-0.3, -0.25) is 4.68 Å². The third kappa shape index (κ3) is 4.04. The predicted molar refractivity (Wildman–Crippen MR) is 75.5 cm³/mol. The van der Waals surface area contributed by atoms with Crippen molar-refractivity contribution in [2.75, 3.05) is 5.75 Å². The fourth-order valence-electron chi connectivity index (χ4n) is 2.55. The van der Waals surface area contributed by atoms with Crippen LogP contribution < -0.4 is 5.73 Å². The topological polar surface area (TPSA) is 78.0 Å². The lowest BCUT2D eigenvalue weighted by atomic mass is 10.3. The molecule has 2 N–H and O–H groups in total. The van der Waals surface area contributed by atoms with E-state index in [0.29, 0.717) is 18.2 Å². The van der Waals surface area contributed by atoms with Gasteiger partial charge in [-0.2, -0.15) is 5.10 Å². The van der Waals surface area contributed by atoms with Gasteiger partial charge in [0.25, 0.3) is 0 Å². The fourth-order valence-corrected chi connectivity index (χ4v) is 4.17. The predicted octanol–water partition coefficient (Wildman–Crippen LogP) is 1.65. The van der Waals surface area contributed by atoms with E-state index >= 15 is 0 Å². The molecule has 1 aliphatic rings. The first-order valence-electron chi connectivity index (χ1n) is 7.00. The van der Waals surface area contributed by atoms with Gasteiger partial charge in [-0.15, -0.1) is 0 Å². The maximum Gasteiger partial charge on any atom is 0.157 e. The number of aromatic nitrogens is 2. The van der Waals surface area contributed by atoms with E-state index in [2.05, 4.69) is 5.10 Å². The summed E-state index contributed by atoms with van der Waals surface area (Å²) in [5.41, 5.74) is 6.35. The Labute approximate surface area is 115 Å². The van der Waals surface area contributed by atoms with Gasteiger partial charge >= 0.3 is 0 Å². The summed E-state index contributed by atoms with van der Waals surface area (Å²) in [5, 5.41) is 4.41. The summed E-state index contributed by atoms with van der Waals surface area (Å²) in [6.45, 7) is 1.90. The van der Waals surface area contributed by atoms with Gasteiger partial charge in [-0.25, -0.2) is 8.42 Å². The van der Waals surface area contributed by atoms with Crippen LogP contribution in [0.2, 0.25) is 0 Å². The molecule has 0 bridgehead atoms. The maximum atomic E-state index is 12.0. The molecule has 19 heavy (non-hydrogen) atoms. The van der Waals surface area contributed by atoms with E-state index in [-0.39, 0.29) is 17.5 Å². The standard InChI is InChI=1S/C13H23N3O2S/c1-2-11(14)9-19(17,18)10-12-7-8-16(15-12)13-5-3-4-6-13/h7-8,11,13H,2-6,9-10,14H2,1H3. The third-order valence-corrected chi connectivity index (χ3v) is 5.39. The smallest absolute Gasteiger partial charge is 0.157 e. The average molecular weight is 285 g/mol. The van der Waals surface area contributed by atoms with Crippen LogP contribution in [0.15, 0.2) is 12.3 Å². The Kier molecular flexibility index (Phi) is 4.62. The van der Waals surface area contributed by atoms with Gasteiger partial charge in [0.15, 0.2) is 9.84 Å². The van der Waals surface area contributed by atoms with Crippen LogP contribution in [0.25, 0.3) is 0 Å². The molecule has 1 aliphatic carbocycles. The molecule has 5 nitrogen and oxygen atoms in total. The van der Waals surface area contributed by atoms with Crippen molar-refractivity contribution in [3.05, 3.63) is 18.0 Å². The summed E-state index contributed by atoms with van der Waals surface area (Å²) in [5.74, 6) is 0.0419. The maximum absolute atomic E-state index is 12.0. The van der Waals surface area contributed by atoms with Crippen LogP contribution in [0.1, 0.15) is 50.8 Å². The quantitative estimate of drug-likeness (QED) is 0.862. The number of rotatable bonds is 6. The first-order valence-corrected chi connectivity index (χ1v) is 8.82. The Hall–Kier alpha value is -0.880. The number of sulfone groups is 1. The van der Waals surface area contributed by atoms with Crippen molar-refractivity contribution in [3.8, 4) is 0 Å². The first kappa shape index (κ1) is 14.5. The minimum Gasteiger partial charge on any atom is -0.327 e. The SMILES string of the molecule is CCC(N)CS(=O)(=O)Cc1ccn(C2CCCC2)n1. The second kappa shape index (κ2) is 6.05. The van der Waals surface area contributed by atoms with Gasteiger partial charge < -0.3 is 5.73 Å². The Balaban J connectivity index is 1.99. The zero-order chi connectivity index (χ0) is 13.9. The molecule has 1 fully saturated rings. The molecule has 1 unspecified atom stereocenters. The van der Waals surface area contributed by atoms with E-state index in [0.717, 1.165) is 12.8 Å². The van der Waals surface area contributed by atoms with Gasteiger partial charge in [-0.1, -0.05) is 19.8 Å². The van der Waals surface area contributed by atoms with E-state index in [9.17, 15) is 8.42 Å². The van der Waals surface area contributed by atoms with Crippen LogP contribution in [-0.2, 0) is 15.6 Å². The van der Waals surface area contributed by atoms with Gasteiger partial charge in [-0.05, 0) is 25.3 Å². The van der Waals surface area contributed by atoms with Crippen molar-refractivity contribution in [2.24, 2.45) is 5.73 Å². The number of nitrogens with two attached hydrogens (primary N) is 1. The minimum absolute atomic E-state index is 0.000417. The van der Waals surface area contributed by atoms with Crippen LogP contribution >= 0.6 is 0 Å². The summed E-state index contributed by atoms with van der Waals surface area (Å²) in [6.07, 6.45) is 7.35. The van der Waals surface area contributed by atoms with Crippen molar-refractivity contribution in [2.45, 2.75) is 56.9 Å². The van der Waals surface area contributed by atoms with Gasteiger partial charge in [0.1, 0.15) is 0 Å². The van der Waals surface area contributed by atoms with Crippen LogP contribution in [0.3, 0.4) is 0 Å². The number of hydrogen-bond donors (Lipinski definition) is 1. The molecule has 1 atom stereocenters. The highest BCUT2D eigenvalue weighted by Crippen LogP contribution is 2.28. The first-order chi connectivity index (χ1) is 9.00. The number of hydrogen-bond acceptors (Lipinski definition) is 4. The van der Waals surface area contributed by atoms with Gasteiger partial charge in [0.05, 0.1) is 23.2 Å². The molecule has 1 heterocycles. The molecule has 1 saturated carbocycles. The highest BCUT2D eigenvalue weighted by atomic mass is 32.2. The van der Waals surface area contributed by atoms with Crippen molar-refractivity contribution < 1.29 is 8.42 Å². The van der Waals surface area contributed by atoms with E-state index in [4.69, 9.17) is 5.73 Å². The summed E-state index contributed by atoms with van der Waals surface area (Å²) < 4.78 is 25.9. The summed E-state index contributed by atoms with van der Waals surface area (Å²) in [4.78, 5) is 0. The van der Waals surface area contributed by atoms with E-state index in [1.54, 1.807) is 0 Å². The largest absolute Gasteiger partial charge is 0.327 e. The van der Waals surface area contributed by atoms with Crippen molar-refractivity contribution in [3.63, 3.8) is 0 Å². The van der Waals surface area contributed by atoms with E-state index < -0.39 is 9.84 Å². The molecule has 2 rings (SSSR count). The van der Waals surface area contributed by atoms with E-state index in [1.165, 1.54) is 12.8 Å². The zero-order valence-corrected chi connectivity index (χ0v) is 12.3. The zero-order valence-electron chi connectivity index (χ0n) is 11.5. The van der Waals surface area contributed by atoms with E-state index in [1.807, 2.05) is 23.9 Å². The molecule has 0 amide bonds. The third-order valence-electron chi connectivity index (χ3n) is 3.72. The van der Waals surface area contributed by atoms with Crippen molar-refractivity contribution >= 4 is 9.84 Å². The second-order valence-electron chi connectivity index (χ2n) is 5.45. The molecule has 0 spiro atoms. The Morgan fingerprint density at radius 1 is 1.47 bits per heavy atom.